The van der Waals surface area contributed by atoms with E-state index in [-0.39, 0.29) is 11.1 Å². The minimum Gasteiger partial charge on any atom is -0.505 e. The lowest BCUT2D eigenvalue weighted by Crippen LogP contribution is -2.12. The Balaban J connectivity index is 3.24. The Morgan fingerprint density at radius 3 is 2.80 bits per heavy atom. The number of phenols is 1. The number of nitrogens with two attached hydrogens (primary N) is 1. The molecule has 0 heterocycles. The van der Waals surface area contributed by atoms with E-state index in [1.165, 1.54) is 6.07 Å². The molecule has 0 bridgehead atoms. The van der Waals surface area contributed by atoms with Crippen LogP contribution in [0.3, 0.4) is 0 Å². The van der Waals surface area contributed by atoms with Crippen molar-refractivity contribution in [2.75, 3.05) is 0 Å². The van der Waals surface area contributed by atoms with Gasteiger partial charge in [-0.2, -0.15) is 5.26 Å². The van der Waals surface area contributed by atoms with Crippen molar-refractivity contribution in [3.63, 3.8) is 0 Å². The van der Waals surface area contributed by atoms with Crippen LogP contribution >= 0.6 is 0 Å². The lowest BCUT2D eigenvalue weighted by Gasteiger charge is -2.14. The highest BCUT2D eigenvalue weighted by Gasteiger charge is 2.18. The van der Waals surface area contributed by atoms with Gasteiger partial charge in [-0.3, -0.25) is 0 Å². The topological polar surface area (TPSA) is 70.0 Å². The van der Waals surface area contributed by atoms with Gasteiger partial charge in [-0.05, 0) is 18.6 Å². The Bertz CT molecular complexity index is 398. The highest BCUT2D eigenvalue weighted by atomic mass is 19.1. The lowest BCUT2D eigenvalue weighted by atomic mass is 9.97. The molecule has 0 fully saturated rings. The SMILES string of the molecule is CCC[C@H](N)c1c(C#N)ccc(F)c1O. The van der Waals surface area contributed by atoms with Gasteiger partial charge in [0.1, 0.15) is 0 Å². The maximum Gasteiger partial charge on any atom is 0.165 e. The molecule has 0 unspecified atom stereocenters. The van der Waals surface area contributed by atoms with E-state index in [9.17, 15) is 9.50 Å². The molecule has 1 atom stereocenters. The van der Waals surface area contributed by atoms with Gasteiger partial charge in [-0.1, -0.05) is 13.3 Å². The molecule has 0 radical (unpaired) electrons. The van der Waals surface area contributed by atoms with Gasteiger partial charge in [-0.15, -0.1) is 0 Å². The Morgan fingerprint density at radius 1 is 1.60 bits per heavy atom. The molecule has 3 N–H and O–H groups in total. The summed E-state index contributed by atoms with van der Waals surface area (Å²) in [5.74, 6) is -1.24. The lowest BCUT2D eigenvalue weighted by molar-refractivity contribution is 0.418. The van der Waals surface area contributed by atoms with Gasteiger partial charge in [0, 0.05) is 11.6 Å². The first-order valence-corrected chi connectivity index (χ1v) is 4.78. The highest BCUT2D eigenvalue weighted by Crippen LogP contribution is 2.31. The van der Waals surface area contributed by atoms with Crippen LogP contribution in [0, 0.1) is 17.1 Å². The molecule has 4 heteroatoms. The summed E-state index contributed by atoms with van der Waals surface area (Å²) in [6.07, 6.45) is 1.41. The highest BCUT2D eigenvalue weighted by molar-refractivity contribution is 5.48. The number of halogens is 1. The predicted octanol–water partition coefficient (Wildman–Crippen LogP) is 2.20. The molecule has 0 aliphatic heterocycles. The Kier molecular flexibility index (Phi) is 3.64. The van der Waals surface area contributed by atoms with Crippen LogP contribution in [0.5, 0.6) is 5.75 Å². The van der Waals surface area contributed by atoms with Gasteiger partial charge in [0.05, 0.1) is 11.6 Å². The fraction of sp³-hybridized carbons (Fsp3) is 0.364. The first kappa shape index (κ1) is 11.5. The molecule has 1 aromatic carbocycles. The molecular weight excluding hydrogens is 195 g/mol. The van der Waals surface area contributed by atoms with Gasteiger partial charge >= 0.3 is 0 Å². The van der Waals surface area contributed by atoms with Crippen LogP contribution in [-0.4, -0.2) is 5.11 Å². The number of nitrogens with zero attached hydrogens (tertiary/aromatic N) is 1. The Morgan fingerprint density at radius 2 is 2.27 bits per heavy atom. The zero-order chi connectivity index (χ0) is 11.4. The average molecular weight is 208 g/mol. The van der Waals surface area contributed by atoms with Gasteiger partial charge in [0.2, 0.25) is 0 Å². The third-order valence-electron chi connectivity index (χ3n) is 2.26. The summed E-state index contributed by atoms with van der Waals surface area (Å²) in [5.41, 5.74) is 6.21. The molecule has 0 aliphatic carbocycles. The molecule has 1 aromatic rings. The first-order chi connectivity index (χ1) is 7.11. The molecular formula is C11H13FN2O. The average Bonchev–Trinajstić information content (AvgIpc) is 2.22. The summed E-state index contributed by atoms with van der Waals surface area (Å²) in [4.78, 5) is 0. The Labute approximate surface area is 87.9 Å². The molecule has 0 aliphatic rings. The van der Waals surface area contributed by atoms with Crippen molar-refractivity contribution < 1.29 is 9.50 Å². The fourth-order valence-electron chi connectivity index (χ4n) is 1.51. The standard InChI is InChI=1S/C11H13FN2O/c1-2-3-9(14)10-7(6-13)4-5-8(12)11(10)15/h4-5,9,15H,2-3,14H2,1H3/t9-/m0/s1. The zero-order valence-electron chi connectivity index (χ0n) is 8.50. The summed E-state index contributed by atoms with van der Waals surface area (Å²) in [5, 5.41) is 18.3. The molecule has 1 rings (SSSR count). The number of hydrogen-bond acceptors (Lipinski definition) is 3. The number of rotatable bonds is 3. The minimum atomic E-state index is -0.740. The van der Waals surface area contributed by atoms with E-state index >= 15 is 0 Å². The maximum atomic E-state index is 13.1. The summed E-state index contributed by atoms with van der Waals surface area (Å²) >= 11 is 0. The second-order valence-corrected chi connectivity index (χ2v) is 3.36. The van der Waals surface area contributed by atoms with Crippen molar-refractivity contribution in [2.24, 2.45) is 5.73 Å². The monoisotopic (exact) mass is 208 g/mol. The predicted molar refractivity (Wildman–Crippen MR) is 54.6 cm³/mol. The fourth-order valence-corrected chi connectivity index (χ4v) is 1.51. The van der Waals surface area contributed by atoms with Gasteiger partial charge in [-0.25, -0.2) is 4.39 Å². The van der Waals surface area contributed by atoms with Crippen molar-refractivity contribution in [1.82, 2.24) is 0 Å². The van der Waals surface area contributed by atoms with Crippen LogP contribution in [0.15, 0.2) is 12.1 Å². The van der Waals surface area contributed by atoms with E-state index in [0.717, 1.165) is 12.5 Å². The van der Waals surface area contributed by atoms with E-state index in [0.29, 0.717) is 6.42 Å². The van der Waals surface area contributed by atoms with Crippen LogP contribution in [0.4, 0.5) is 4.39 Å². The van der Waals surface area contributed by atoms with Crippen LogP contribution in [0.2, 0.25) is 0 Å². The van der Waals surface area contributed by atoms with E-state index in [4.69, 9.17) is 11.0 Å². The van der Waals surface area contributed by atoms with Crippen molar-refractivity contribution in [2.45, 2.75) is 25.8 Å². The quantitative estimate of drug-likeness (QED) is 0.800. The van der Waals surface area contributed by atoms with E-state index in [2.05, 4.69) is 0 Å². The smallest absolute Gasteiger partial charge is 0.165 e. The summed E-state index contributed by atoms with van der Waals surface area (Å²) in [6.45, 7) is 1.93. The zero-order valence-corrected chi connectivity index (χ0v) is 8.50. The third-order valence-corrected chi connectivity index (χ3v) is 2.26. The van der Waals surface area contributed by atoms with Crippen molar-refractivity contribution in [3.8, 4) is 11.8 Å². The van der Waals surface area contributed by atoms with E-state index in [1.54, 1.807) is 0 Å². The molecule has 0 amide bonds. The second-order valence-electron chi connectivity index (χ2n) is 3.36. The van der Waals surface area contributed by atoms with Crippen molar-refractivity contribution >= 4 is 0 Å². The number of nitriles is 1. The van der Waals surface area contributed by atoms with Crippen molar-refractivity contribution in [3.05, 3.63) is 29.1 Å². The first-order valence-electron chi connectivity index (χ1n) is 4.78. The molecule has 0 aromatic heterocycles. The van der Waals surface area contributed by atoms with Crippen LogP contribution in [0.1, 0.15) is 36.9 Å². The summed E-state index contributed by atoms with van der Waals surface area (Å²) < 4.78 is 13.1. The van der Waals surface area contributed by atoms with Crippen LogP contribution < -0.4 is 5.73 Å². The minimum absolute atomic E-state index is 0.208. The molecule has 0 saturated carbocycles. The number of phenolic OH excluding ortho intramolecular Hbond substituents is 1. The molecule has 15 heavy (non-hydrogen) atoms. The summed E-state index contributed by atoms with van der Waals surface area (Å²) in [6, 6.07) is 3.80. The third kappa shape index (κ3) is 2.25. The normalized spacial score (nSPS) is 12.1. The van der Waals surface area contributed by atoms with Crippen LogP contribution in [0.25, 0.3) is 0 Å². The van der Waals surface area contributed by atoms with E-state index < -0.39 is 17.6 Å². The summed E-state index contributed by atoms with van der Waals surface area (Å²) in [7, 11) is 0. The number of hydrogen-bond donors (Lipinski definition) is 2. The van der Waals surface area contributed by atoms with Crippen molar-refractivity contribution in [1.29, 1.82) is 5.26 Å². The number of benzene rings is 1. The molecule has 3 nitrogen and oxygen atoms in total. The van der Waals surface area contributed by atoms with Gasteiger partial charge in [0.15, 0.2) is 11.6 Å². The Hall–Kier alpha value is -1.60. The molecule has 0 saturated heterocycles. The maximum absolute atomic E-state index is 13.1. The van der Waals surface area contributed by atoms with Crippen LogP contribution in [-0.2, 0) is 0 Å². The van der Waals surface area contributed by atoms with Gasteiger partial charge in [0.25, 0.3) is 0 Å². The molecule has 80 valence electrons. The molecule has 0 spiro atoms. The number of aromatic hydroxyl groups is 1. The largest absolute Gasteiger partial charge is 0.505 e. The second kappa shape index (κ2) is 4.76. The van der Waals surface area contributed by atoms with E-state index in [1.807, 2.05) is 13.0 Å². The van der Waals surface area contributed by atoms with Gasteiger partial charge < -0.3 is 10.8 Å².